The number of rotatable bonds is 6. The van der Waals surface area contributed by atoms with Gasteiger partial charge < -0.3 is 5.32 Å². The van der Waals surface area contributed by atoms with Crippen molar-refractivity contribution in [3.63, 3.8) is 0 Å². The molecule has 2 aromatic rings. The predicted octanol–water partition coefficient (Wildman–Crippen LogP) is 5.80. The molecule has 0 aromatic heterocycles. The molecule has 0 fully saturated rings. The zero-order valence-electron chi connectivity index (χ0n) is 12.5. The summed E-state index contributed by atoms with van der Waals surface area (Å²) in [4.78, 5) is 0. The summed E-state index contributed by atoms with van der Waals surface area (Å²) >= 11 is 7.22. The number of benzene rings is 2. The van der Waals surface area contributed by atoms with Crippen LogP contribution in [0.3, 0.4) is 0 Å². The molecular formula is C18H21Br2N. The number of halogens is 2. The summed E-state index contributed by atoms with van der Waals surface area (Å²) in [6, 6.07) is 15.5. The average Bonchev–Trinajstić information content (AvgIpc) is 2.44. The minimum Gasteiger partial charge on any atom is -0.310 e. The Morgan fingerprint density at radius 1 is 1.10 bits per heavy atom. The number of nitrogens with one attached hydrogen (secondary N) is 1. The topological polar surface area (TPSA) is 12.0 Å². The molecule has 3 heteroatoms. The van der Waals surface area contributed by atoms with Crippen molar-refractivity contribution in [1.29, 1.82) is 0 Å². The van der Waals surface area contributed by atoms with Gasteiger partial charge in [0.05, 0.1) is 0 Å². The standard InChI is InChI=1S/C18H21Br2N/c1-3-9-21-18(11-14-6-4-5-13(2)10-14)16-8-7-15(19)12-17(16)20/h4-8,10,12,18,21H,3,9,11H2,1-2H3. The Balaban J connectivity index is 2.25. The largest absolute Gasteiger partial charge is 0.310 e. The van der Waals surface area contributed by atoms with E-state index in [4.69, 9.17) is 0 Å². The molecule has 0 bridgehead atoms. The molecule has 112 valence electrons. The molecule has 1 atom stereocenters. The Kier molecular flexibility index (Phi) is 6.46. The minimum absolute atomic E-state index is 0.328. The number of hydrogen-bond donors (Lipinski definition) is 1. The van der Waals surface area contributed by atoms with Crippen LogP contribution in [0.2, 0.25) is 0 Å². The Hall–Kier alpha value is -0.640. The summed E-state index contributed by atoms with van der Waals surface area (Å²) in [6.45, 7) is 5.37. The summed E-state index contributed by atoms with van der Waals surface area (Å²) in [7, 11) is 0. The first-order valence-corrected chi connectivity index (χ1v) is 8.92. The van der Waals surface area contributed by atoms with Crippen LogP contribution in [-0.4, -0.2) is 6.54 Å². The average molecular weight is 411 g/mol. The monoisotopic (exact) mass is 409 g/mol. The van der Waals surface area contributed by atoms with Gasteiger partial charge in [-0.25, -0.2) is 0 Å². The van der Waals surface area contributed by atoms with Crippen LogP contribution in [-0.2, 0) is 6.42 Å². The van der Waals surface area contributed by atoms with Crippen molar-refractivity contribution in [3.8, 4) is 0 Å². The van der Waals surface area contributed by atoms with Crippen LogP contribution >= 0.6 is 31.9 Å². The van der Waals surface area contributed by atoms with E-state index >= 15 is 0 Å². The first-order valence-electron chi connectivity index (χ1n) is 7.34. The molecule has 2 rings (SSSR count). The van der Waals surface area contributed by atoms with Gasteiger partial charge in [-0.15, -0.1) is 0 Å². The zero-order chi connectivity index (χ0) is 15.2. The zero-order valence-corrected chi connectivity index (χ0v) is 15.7. The second-order valence-corrected chi connectivity index (χ2v) is 7.14. The van der Waals surface area contributed by atoms with Crippen LogP contribution in [0.15, 0.2) is 51.4 Å². The second kappa shape index (κ2) is 8.11. The van der Waals surface area contributed by atoms with E-state index in [-0.39, 0.29) is 0 Å². The van der Waals surface area contributed by atoms with Crippen molar-refractivity contribution in [2.24, 2.45) is 0 Å². The SMILES string of the molecule is CCCNC(Cc1cccc(C)c1)c1ccc(Br)cc1Br. The third-order valence-corrected chi connectivity index (χ3v) is 4.68. The quantitative estimate of drug-likeness (QED) is 0.634. The van der Waals surface area contributed by atoms with E-state index in [0.29, 0.717) is 6.04 Å². The fourth-order valence-corrected chi connectivity index (χ4v) is 3.79. The first-order chi connectivity index (χ1) is 10.1. The highest BCUT2D eigenvalue weighted by molar-refractivity contribution is 9.11. The van der Waals surface area contributed by atoms with Gasteiger partial charge in [0.15, 0.2) is 0 Å². The normalized spacial score (nSPS) is 12.4. The summed E-state index contributed by atoms with van der Waals surface area (Å²) < 4.78 is 2.25. The van der Waals surface area contributed by atoms with Gasteiger partial charge in [-0.1, -0.05) is 74.7 Å². The summed E-state index contributed by atoms with van der Waals surface area (Å²) in [5, 5.41) is 3.67. The van der Waals surface area contributed by atoms with Crippen molar-refractivity contribution < 1.29 is 0 Å². The maximum Gasteiger partial charge on any atom is 0.0372 e. The van der Waals surface area contributed by atoms with Crippen LogP contribution in [0.1, 0.15) is 36.1 Å². The van der Waals surface area contributed by atoms with Crippen LogP contribution < -0.4 is 5.32 Å². The molecule has 0 saturated heterocycles. The van der Waals surface area contributed by atoms with E-state index in [0.717, 1.165) is 28.3 Å². The molecule has 1 N–H and O–H groups in total. The van der Waals surface area contributed by atoms with E-state index < -0.39 is 0 Å². The maximum atomic E-state index is 3.70. The Bertz CT molecular complexity index is 596. The summed E-state index contributed by atoms with van der Waals surface area (Å²) in [6.07, 6.45) is 2.14. The molecular weight excluding hydrogens is 390 g/mol. The van der Waals surface area contributed by atoms with Gasteiger partial charge in [-0.05, 0) is 49.6 Å². The fraction of sp³-hybridized carbons (Fsp3) is 0.333. The van der Waals surface area contributed by atoms with E-state index in [9.17, 15) is 0 Å². The Morgan fingerprint density at radius 2 is 1.90 bits per heavy atom. The minimum atomic E-state index is 0.328. The van der Waals surface area contributed by atoms with Crippen molar-refractivity contribution in [2.75, 3.05) is 6.54 Å². The molecule has 0 spiro atoms. The number of hydrogen-bond acceptors (Lipinski definition) is 1. The van der Waals surface area contributed by atoms with Crippen LogP contribution in [0.5, 0.6) is 0 Å². The lowest BCUT2D eigenvalue weighted by Crippen LogP contribution is -2.24. The van der Waals surface area contributed by atoms with Crippen LogP contribution in [0.4, 0.5) is 0 Å². The van der Waals surface area contributed by atoms with Gasteiger partial charge in [0.25, 0.3) is 0 Å². The molecule has 0 heterocycles. The lowest BCUT2D eigenvalue weighted by atomic mass is 9.98. The first kappa shape index (κ1) is 16.7. The van der Waals surface area contributed by atoms with E-state index in [1.807, 2.05) is 0 Å². The summed E-state index contributed by atoms with van der Waals surface area (Å²) in [5.41, 5.74) is 4.00. The highest BCUT2D eigenvalue weighted by Crippen LogP contribution is 2.29. The van der Waals surface area contributed by atoms with Crippen LogP contribution in [0.25, 0.3) is 0 Å². The highest BCUT2D eigenvalue weighted by atomic mass is 79.9. The third kappa shape index (κ3) is 4.94. The summed E-state index contributed by atoms with van der Waals surface area (Å²) in [5.74, 6) is 0. The fourth-order valence-electron chi connectivity index (χ4n) is 2.47. The third-order valence-electron chi connectivity index (χ3n) is 3.50. The molecule has 0 radical (unpaired) electrons. The van der Waals surface area contributed by atoms with Gasteiger partial charge >= 0.3 is 0 Å². The molecule has 0 amide bonds. The van der Waals surface area contributed by atoms with Gasteiger partial charge in [0, 0.05) is 15.0 Å². The molecule has 1 unspecified atom stereocenters. The smallest absolute Gasteiger partial charge is 0.0372 e. The van der Waals surface area contributed by atoms with Crippen molar-refractivity contribution in [3.05, 3.63) is 68.1 Å². The molecule has 2 aromatic carbocycles. The molecule has 0 aliphatic rings. The molecule has 0 aliphatic carbocycles. The van der Waals surface area contributed by atoms with Gasteiger partial charge in [-0.3, -0.25) is 0 Å². The van der Waals surface area contributed by atoms with Crippen molar-refractivity contribution in [1.82, 2.24) is 5.32 Å². The highest BCUT2D eigenvalue weighted by Gasteiger charge is 2.15. The Labute approximate surface area is 144 Å². The van der Waals surface area contributed by atoms with Crippen molar-refractivity contribution in [2.45, 2.75) is 32.7 Å². The van der Waals surface area contributed by atoms with Crippen LogP contribution in [0, 0.1) is 6.92 Å². The maximum absolute atomic E-state index is 3.70. The van der Waals surface area contributed by atoms with Gasteiger partial charge in [0.1, 0.15) is 0 Å². The molecule has 21 heavy (non-hydrogen) atoms. The van der Waals surface area contributed by atoms with Crippen molar-refractivity contribution >= 4 is 31.9 Å². The number of aryl methyl sites for hydroxylation is 1. The lowest BCUT2D eigenvalue weighted by Gasteiger charge is -2.21. The van der Waals surface area contributed by atoms with E-state index in [1.165, 1.54) is 16.7 Å². The lowest BCUT2D eigenvalue weighted by molar-refractivity contribution is 0.527. The van der Waals surface area contributed by atoms with E-state index in [2.05, 4.69) is 93.5 Å². The molecule has 1 nitrogen and oxygen atoms in total. The van der Waals surface area contributed by atoms with E-state index in [1.54, 1.807) is 0 Å². The second-order valence-electron chi connectivity index (χ2n) is 5.37. The van der Waals surface area contributed by atoms with Gasteiger partial charge in [0.2, 0.25) is 0 Å². The van der Waals surface area contributed by atoms with Gasteiger partial charge in [-0.2, -0.15) is 0 Å². The molecule has 0 aliphatic heterocycles. The predicted molar refractivity (Wildman–Crippen MR) is 97.8 cm³/mol. The molecule has 0 saturated carbocycles. The Morgan fingerprint density at radius 3 is 2.57 bits per heavy atom.